The average molecular weight is 314 g/mol. The van der Waals surface area contributed by atoms with Gasteiger partial charge in [0.05, 0.1) is 7.11 Å². The molecule has 2 heterocycles. The van der Waals surface area contributed by atoms with Crippen molar-refractivity contribution in [1.29, 1.82) is 0 Å². The van der Waals surface area contributed by atoms with Gasteiger partial charge >= 0.3 is 0 Å². The van der Waals surface area contributed by atoms with E-state index in [2.05, 4.69) is 10.4 Å². The lowest BCUT2D eigenvalue weighted by Gasteiger charge is -2.18. The third-order valence-corrected chi connectivity index (χ3v) is 4.02. The molecule has 2 aromatic rings. The highest BCUT2D eigenvalue weighted by Crippen LogP contribution is 2.23. The van der Waals surface area contributed by atoms with Crippen LogP contribution in [0.25, 0.3) is 5.69 Å². The van der Waals surface area contributed by atoms with Gasteiger partial charge in [-0.25, -0.2) is 4.68 Å². The van der Waals surface area contributed by atoms with Gasteiger partial charge in [0.25, 0.3) is 5.91 Å². The molecular weight excluding hydrogens is 292 g/mol. The molecule has 0 atom stereocenters. The molecule has 1 aromatic heterocycles. The zero-order valence-corrected chi connectivity index (χ0v) is 13.6. The second-order valence-electron chi connectivity index (χ2n) is 5.72. The highest BCUT2D eigenvalue weighted by Gasteiger charge is 2.20. The number of aryl methyl sites for hydroxylation is 1. The molecule has 1 aromatic carbocycles. The Morgan fingerprint density at radius 3 is 2.96 bits per heavy atom. The third-order valence-electron chi connectivity index (χ3n) is 4.02. The second-order valence-corrected chi connectivity index (χ2v) is 5.72. The first-order valence-corrected chi connectivity index (χ1v) is 7.90. The van der Waals surface area contributed by atoms with Gasteiger partial charge in [-0.05, 0) is 43.7 Å². The number of aromatic nitrogens is 2. The van der Waals surface area contributed by atoms with E-state index in [0.29, 0.717) is 5.69 Å². The summed E-state index contributed by atoms with van der Waals surface area (Å²) in [6.07, 6.45) is 2.78. The summed E-state index contributed by atoms with van der Waals surface area (Å²) in [5.74, 6) is 0.718. The van der Waals surface area contributed by atoms with Crippen LogP contribution in [0.3, 0.4) is 0 Å². The summed E-state index contributed by atoms with van der Waals surface area (Å²) in [6.45, 7) is 5.30. The van der Waals surface area contributed by atoms with Gasteiger partial charge in [-0.1, -0.05) is 6.07 Å². The van der Waals surface area contributed by atoms with Crippen molar-refractivity contribution in [2.24, 2.45) is 0 Å². The maximum atomic E-state index is 12.6. The van der Waals surface area contributed by atoms with Gasteiger partial charge in [-0.2, -0.15) is 5.10 Å². The predicted molar refractivity (Wildman–Crippen MR) is 88.2 cm³/mol. The quantitative estimate of drug-likeness (QED) is 0.935. The standard InChI is InChI=1S/C17H22N4O2/c1-13-4-5-16(23-2)15(12-13)21-10-6-14(19-21)17(22)20-9-3-7-18-8-11-20/h4-6,10,12,18H,3,7-9,11H2,1-2H3. The molecule has 0 radical (unpaired) electrons. The topological polar surface area (TPSA) is 59.4 Å². The Balaban J connectivity index is 1.85. The molecule has 0 aliphatic carbocycles. The van der Waals surface area contributed by atoms with Crippen molar-refractivity contribution in [3.63, 3.8) is 0 Å². The van der Waals surface area contributed by atoms with Crippen LogP contribution >= 0.6 is 0 Å². The van der Waals surface area contributed by atoms with Crippen molar-refractivity contribution in [2.75, 3.05) is 33.3 Å². The number of amides is 1. The second kappa shape index (κ2) is 6.83. The Bertz CT molecular complexity index is 688. The molecule has 0 bridgehead atoms. The lowest BCUT2D eigenvalue weighted by atomic mass is 10.2. The van der Waals surface area contributed by atoms with E-state index < -0.39 is 0 Å². The Hall–Kier alpha value is -2.34. The van der Waals surface area contributed by atoms with Crippen molar-refractivity contribution in [1.82, 2.24) is 20.0 Å². The summed E-state index contributed by atoms with van der Waals surface area (Å²) in [5.41, 5.74) is 2.42. The van der Waals surface area contributed by atoms with Gasteiger partial charge in [0.1, 0.15) is 11.4 Å². The van der Waals surface area contributed by atoms with E-state index in [-0.39, 0.29) is 5.91 Å². The number of carbonyl (C=O) groups excluding carboxylic acids is 1. The van der Waals surface area contributed by atoms with Crippen LogP contribution in [-0.2, 0) is 0 Å². The SMILES string of the molecule is COc1ccc(C)cc1-n1ccc(C(=O)N2CCCNCC2)n1. The molecule has 122 valence electrons. The van der Waals surface area contributed by atoms with E-state index in [1.54, 1.807) is 24.1 Å². The van der Waals surface area contributed by atoms with Gasteiger partial charge in [0.15, 0.2) is 5.69 Å². The maximum Gasteiger partial charge on any atom is 0.274 e. The molecule has 1 aliphatic rings. The molecule has 1 amide bonds. The molecule has 1 fully saturated rings. The van der Waals surface area contributed by atoms with Crippen LogP contribution in [0.2, 0.25) is 0 Å². The van der Waals surface area contributed by atoms with E-state index in [9.17, 15) is 4.79 Å². The largest absolute Gasteiger partial charge is 0.494 e. The average Bonchev–Trinajstić information content (AvgIpc) is 2.89. The minimum absolute atomic E-state index is 0.0148. The fourth-order valence-corrected chi connectivity index (χ4v) is 2.76. The van der Waals surface area contributed by atoms with Crippen LogP contribution in [0.1, 0.15) is 22.5 Å². The molecule has 0 saturated carbocycles. The lowest BCUT2D eigenvalue weighted by molar-refractivity contribution is 0.0760. The number of carbonyl (C=O) groups is 1. The molecular formula is C17H22N4O2. The van der Waals surface area contributed by atoms with Crippen molar-refractivity contribution in [3.8, 4) is 11.4 Å². The molecule has 1 N–H and O–H groups in total. The highest BCUT2D eigenvalue weighted by atomic mass is 16.5. The summed E-state index contributed by atoms with van der Waals surface area (Å²) >= 11 is 0. The molecule has 0 unspecified atom stereocenters. The summed E-state index contributed by atoms with van der Waals surface area (Å²) in [4.78, 5) is 14.5. The van der Waals surface area contributed by atoms with Crippen LogP contribution in [-0.4, -0.2) is 53.9 Å². The number of nitrogens with one attached hydrogen (secondary N) is 1. The van der Waals surface area contributed by atoms with Crippen LogP contribution in [0.15, 0.2) is 30.5 Å². The zero-order valence-electron chi connectivity index (χ0n) is 13.6. The molecule has 3 rings (SSSR count). The Morgan fingerprint density at radius 2 is 2.13 bits per heavy atom. The minimum Gasteiger partial charge on any atom is -0.494 e. The Kier molecular flexibility index (Phi) is 4.62. The van der Waals surface area contributed by atoms with Gasteiger partial charge in [-0.3, -0.25) is 4.79 Å². The fourth-order valence-electron chi connectivity index (χ4n) is 2.76. The zero-order chi connectivity index (χ0) is 16.2. The van der Waals surface area contributed by atoms with E-state index >= 15 is 0 Å². The normalized spacial score (nSPS) is 15.3. The van der Waals surface area contributed by atoms with Crippen LogP contribution in [0.4, 0.5) is 0 Å². The van der Waals surface area contributed by atoms with Crippen molar-refractivity contribution < 1.29 is 9.53 Å². The van der Waals surface area contributed by atoms with Crippen molar-refractivity contribution in [2.45, 2.75) is 13.3 Å². The fraction of sp³-hybridized carbons (Fsp3) is 0.412. The Labute approximate surface area is 136 Å². The summed E-state index contributed by atoms with van der Waals surface area (Å²) < 4.78 is 7.10. The first kappa shape index (κ1) is 15.6. The molecule has 6 nitrogen and oxygen atoms in total. The number of benzene rings is 1. The van der Waals surface area contributed by atoms with E-state index in [4.69, 9.17) is 4.74 Å². The van der Waals surface area contributed by atoms with E-state index in [1.807, 2.05) is 30.0 Å². The number of hydrogen-bond donors (Lipinski definition) is 1. The van der Waals surface area contributed by atoms with Crippen LogP contribution < -0.4 is 10.1 Å². The molecule has 23 heavy (non-hydrogen) atoms. The maximum absolute atomic E-state index is 12.6. The highest BCUT2D eigenvalue weighted by molar-refractivity contribution is 5.92. The van der Waals surface area contributed by atoms with Crippen LogP contribution in [0, 0.1) is 6.92 Å². The lowest BCUT2D eigenvalue weighted by Crippen LogP contribution is -2.34. The Morgan fingerprint density at radius 1 is 1.26 bits per heavy atom. The van der Waals surface area contributed by atoms with Crippen LogP contribution in [0.5, 0.6) is 5.75 Å². The predicted octanol–water partition coefficient (Wildman–Crippen LogP) is 1.62. The summed E-state index contributed by atoms with van der Waals surface area (Å²) in [5, 5.41) is 7.76. The minimum atomic E-state index is -0.0148. The van der Waals surface area contributed by atoms with Crippen molar-refractivity contribution >= 4 is 5.91 Å². The first-order valence-electron chi connectivity index (χ1n) is 7.90. The monoisotopic (exact) mass is 314 g/mol. The molecule has 1 saturated heterocycles. The summed E-state index contributed by atoms with van der Waals surface area (Å²) in [7, 11) is 1.63. The van der Waals surface area contributed by atoms with Crippen molar-refractivity contribution in [3.05, 3.63) is 41.7 Å². The van der Waals surface area contributed by atoms with E-state index in [0.717, 1.165) is 49.6 Å². The van der Waals surface area contributed by atoms with Gasteiger partial charge < -0.3 is 15.0 Å². The van der Waals surface area contributed by atoms with Gasteiger partial charge in [-0.15, -0.1) is 0 Å². The van der Waals surface area contributed by atoms with Gasteiger partial charge in [0, 0.05) is 25.8 Å². The molecule has 1 aliphatic heterocycles. The number of methoxy groups -OCH3 is 1. The number of ether oxygens (including phenoxy) is 1. The number of rotatable bonds is 3. The number of nitrogens with zero attached hydrogens (tertiary/aromatic N) is 3. The molecule has 6 heteroatoms. The number of hydrogen-bond acceptors (Lipinski definition) is 4. The van der Waals surface area contributed by atoms with Gasteiger partial charge in [0.2, 0.25) is 0 Å². The smallest absolute Gasteiger partial charge is 0.274 e. The van der Waals surface area contributed by atoms with E-state index in [1.165, 1.54) is 0 Å². The summed E-state index contributed by atoms with van der Waals surface area (Å²) in [6, 6.07) is 7.66. The third kappa shape index (κ3) is 3.37. The molecule has 0 spiro atoms. The first-order chi connectivity index (χ1) is 11.2.